The van der Waals surface area contributed by atoms with Gasteiger partial charge in [-0.3, -0.25) is 4.79 Å². The van der Waals surface area contributed by atoms with E-state index in [4.69, 9.17) is 16.3 Å². The number of benzene rings is 2. The lowest BCUT2D eigenvalue weighted by molar-refractivity contribution is 0.0474. The third-order valence-electron chi connectivity index (χ3n) is 3.84. The second-order valence-electron chi connectivity index (χ2n) is 5.32. The van der Waals surface area contributed by atoms with E-state index in [9.17, 15) is 9.59 Å². The second-order valence-corrected chi connectivity index (χ2v) is 5.72. The van der Waals surface area contributed by atoms with Crippen LogP contribution in [0.2, 0.25) is 5.02 Å². The lowest BCUT2D eigenvalue weighted by Crippen LogP contribution is -2.14. The Morgan fingerprint density at radius 1 is 1.05 bits per heavy atom. The van der Waals surface area contributed by atoms with E-state index in [1.807, 2.05) is 12.1 Å². The van der Waals surface area contributed by atoms with Crippen LogP contribution in [-0.4, -0.2) is 18.4 Å². The molecule has 0 aromatic heterocycles. The van der Waals surface area contributed by atoms with Crippen LogP contribution in [-0.2, 0) is 17.6 Å². The van der Waals surface area contributed by atoms with Crippen LogP contribution >= 0.6 is 11.6 Å². The van der Waals surface area contributed by atoms with Crippen molar-refractivity contribution in [1.82, 2.24) is 0 Å². The summed E-state index contributed by atoms with van der Waals surface area (Å²) in [6, 6.07) is 12.3. The predicted molar refractivity (Wildman–Crippen MR) is 84.5 cm³/mol. The number of carbonyl (C=O) groups is 2. The Morgan fingerprint density at radius 3 is 2.64 bits per heavy atom. The van der Waals surface area contributed by atoms with Crippen molar-refractivity contribution < 1.29 is 14.3 Å². The molecule has 0 bridgehead atoms. The molecule has 2 aromatic carbocycles. The molecule has 0 aliphatic heterocycles. The summed E-state index contributed by atoms with van der Waals surface area (Å²) in [7, 11) is 0. The highest BCUT2D eigenvalue weighted by atomic mass is 35.5. The molecule has 112 valence electrons. The van der Waals surface area contributed by atoms with Gasteiger partial charge in [-0.2, -0.15) is 0 Å². The maximum atomic E-state index is 12.1. The summed E-state index contributed by atoms with van der Waals surface area (Å²) in [6.45, 7) is -0.306. The zero-order chi connectivity index (χ0) is 15.5. The fourth-order valence-electron chi connectivity index (χ4n) is 2.68. The Balaban J connectivity index is 1.65. The highest BCUT2D eigenvalue weighted by Gasteiger charge is 2.17. The van der Waals surface area contributed by atoms with Gasteiger partial charge in [0.1, 0.15) is 0 Å². The van der Waals surface area contributed by atoms with Gasteiger partial charge in [0.2, 0.25) is 5.78 Å². The zero-order valence-electron chi connectivity index (χ0n) is 12.0. The minimum absolute atomic E-state index is 0.305. The predicted octanol–water partition coefficient (Wildman–Crippen LogP) is 3.87. The van der Waals surface area contributed by atoms with Gasteiger partial charge in [0.05, 0.1) is 10.6 Å². The van der Waals surface area contributed by atoms with Crippen LogP contribution in [0.4, 0.5) is 0 Å². The largest absolute Gasteiger partial charge is 0.454 e. The van der Waals surface area contributed by atoms with Crippen molar-refractivity contribution in [1.29, 1.82) is 0 Å². The molecule has 0 N–H and O–H groups in total. The summed E-state index contributed by atoms with van der Waals surface area (Å²) in [5, 5.41) is 0.362. The molecule has 3 nitrogen and oxygen atoms in total. The van der Waals surface area contributed by atoms with Gasteiger partial charge in [0.15, 0.2) is 6.61 Å². The number of fused-ring (bicyclic) bond motifs is 1. The van der Waals surface area contributed by atoms with Crippen LogP contribution in [0.1, 0.15) is 38.3 Å². The lowest BCUT2D eigenvalue weighted by atomic mass is 10.1. The van der Waals surface area contributed by atoms with E-state index in [0.717, 1.165) is 19.3 Å². The molecule has 1 aliphatic rings. The van der Waals surface area contributed by atoms with Gasteiger partial charge >= 0.3 is 5.97 Å². The normalized spacial score (nSPS) is 12.8. The second kappa shape index (κ2) is 6.32. The highest BCUT2D eigenvalue weighted by molar-refractivity contribution is 6.34. The molecule has 0 amide bonds. The molecular weight excluding hydrogens is 300 g/mol. The monoisotopic (exact) mass is 314 g/mol. The van der Waals surface area contributed by atoms with E-state index in [1.165, 1.54) is 11.1 Å². The molecule has 0 radical (unpaired) electrons. The molecule has 3 rings (SSSR count). The Bertz CT molecular complexity index is 737. The minimum atomic E-state index is -0.477. The minimum Gasteiger partial charge on any atom is -0.454 e. The van der Waals surface area contributed by atoms with Gasteiger partial charge in [0.25, 0.3) is 0 Å². The molecule has 22 heavy (non-hydrogen) atoms. The maximum Gasteiger partial charge on any atom is 0.338 e. The third-order valence-corrected chi connectivity index (χ3v) is 4.17. The number of halogens is 1. The molecule has 0 saturated heterocycles. The summed E-state index contributed by atoms with van der Waals surface area (Å²) in [5.74, 6) is -0.782. The van der Waals surface area contributed by atoms with E-state index >= 15 is 0 Å². The van der Waals surface area contributed by atoms with Crippen LogP contribution in [0, 0.1) is 0 Å². The highest BCUT2D eigenvalue weighted by Crippen LogP contribution is 2.23. The number of hydrogen-bond donors (Lipinski definition) is 0. The van der Waals surface area contributed by atoms with Gasteiger partial charge < -0.3 is 4.74 Å². The average Bonchev–Trinajstić information content (AvgIpc) is 3.00. The Hall–Kier alpha value is -2.13. The first-order chi connectivity index (χ1) is 10.6. The van der Waals surface area contributed by atoms with Gasteiger partial charge in [0, 0.05) is 5.56 Å². The Morgan fingerprint density at radius 2 is 1.82 bits per heavy atom. The summed E-state index contributed by atoms with van der Waals surface area (Å²) in [5.41, 5.74) is 3.36. The van der Waals surface area contributed by atoms with Crippen LogP contribution in [0.5, 0.6) is 0 Å². The number of ketones is 1. The van der Waals surface area contributed by atoms with E-state index < -0.39 is 5.97 Å². The first-order valence-corrected chi connectivity index (χ1v) is 7.59. The van der Waals surface area contributed by atoms with E-state index in [0.29, 0.717) is 16.1 Å². The van der Waals surface area contributed by atoms with Crippen molar-refractivity contribution in [2.45, 2.75) is 19.3 Å². The molecule has 0 heterocycles. The Labute approximate surface area is 133 Å². The smallest absolute Gasteiger partial charge is 0.338 e. The summed E-state index contributed by atoms with van der Waals surface area (Å²) >= 11 is 5.95. The standard InChI is InChI=1S/C18H15ClO3/c19-16-7-2-1-6-15(16)17(20)11-22-18(21)14-9-8-12-4-3-5-13(12)10-14/h1-2,6-10H,3-5,11H2. The van der Waals surface area contributed by atoms with Gasteiger partial charge in [-0.05, 0) is 54.7 Å². The van der Waals surface area contributed by atoms with E-state index in [1.54, 1.807) is 30.3 Å². The molecule has 1 aliphatic carbocycles. The summed E-state index contributed by atoms with van der Waals surface area (Å²) in [4.78, 5) is 24.1. The molecule has 0 saturated carbocycles. The SMILES string of the molecule is O=C(OCC(=O)c1ccccc1Cl)c1ccc2c(c1)CCC2. The molecule has 0 fully saturated rings. The quantitative estimate of drug-likeness (QED) is 0.635. The van der Waals surface area contributed by atoms with Gasteiger partial charge in [-0.15, -0.1) is 0 Å². The number of carbonyl (C=O) groups excluding carboxylic acids is 2. The van der Waals surface area contributed by atoms with Crippen molar-refractivity contribution in [2.75, 3.05) is 6.61 Å². The molecule has 2 aromatic rings. The maximum absolute atomic E-state index is 12.1. The van der Waals surface area contributed by atoms with Crippen LogP contribution in [0.25, 0.3) is 0 Å². The van der Waals surface area contributed by atoms with Crippen molar-refractivity contribution in [3.8, 4) is 0 Å². The summed E-state index contributed by atoms with van der Waals surface area (Å²) < 4.78 is 5.11. The number of rotatable bonds is 4. The van der Waals surface area contributed by atoms with Crippen molar-refractivity contribution in [3.63, 3.8) is 0 Å². The van der Waals surface area contributed by atoms with Crippen molar-refractivity contribution >= 4 is 23.4 Å². The topological polar surface area (TPSA) is 43.4 Å². The van der Waals surface area contributed by atoms with Crippen LogP contribution in [0.15, 0.2) is 42.5 Å². The third kappa shape index (κ3) is 3.04. The molecule has 0 unspecified atom stereocenters. The van der Waals surface area contributed by atoms with E-state index in [-0.39, 0.29) is 12.4 Å². The van der Waals surface area contributed by atoms with Gasteiger partial charge in [-0.25, -0.2) is 4.79 Å². The number of ether oxygens (including phenoxy) is 1. The Kier molecular flexibility index (Phi) is 4.25. The number of esters is 1. The van der Waals surface area contributed by atoms with Crippen LogP contribution < -0.4 is 0 Å². The number of aryl methyl sites for hydroxylation is 2. The average molecular weight is 315 g/mol. The number of hydrogen-bond acceptors (Lipinski definition) is 3. The molecule has 4 heteroatoms. The van der Waals surface area contributed by atoms with Crippen molar-refractivity contribution in [3.05, 3.63) is 69.7 Å². The first kappa shape index (κ1) is 14.8. The first-order valence-electron chi connectivity index (χ1n) is 7.22. The molecule has 0 spiro atoms. The van der Waals surface area contributed by atoms with Crippen molar-refractivity contribution in [2.24, 2.45) is 0 Å². The van der Waals surface area contributed by atoms with Gasteiger partial charge in [-0.1, -0.05) is 29.8 Å². The zero-order valence-corrected chi connectivity index (χ0v) is 12.7. The summed E-state index contributed by atoms with van der Waals surface area (Å²) in [6.07, 6.45) is 3.18. The molecule has 0 atom stereocenters. The lowest BCUT2D eigenvalue weighted by Gasteiger charge is -2.07. The number of Topliss-reactive ketones (excluding diaryl/α,β-unsaturated/α-hetero) is 1. The fraction of sp³-hybridized carbons (Fsp3) is 0.222. The van der Waals surface area contributed by atoms with E-state index in [2.05, 4.69) is 0 Å². The van der Waals surface area contributed by atoms with Crippen LogP contribution in [0.3, 0.4) is 0 Å². The molecular formula is C18H15ClO3. The fourth-order valence-corrected chi connectivity index (χ4v) is 2.92.